The fourth-order valence-corrected chi connectivity index (χ4v) is 1.40. The Labute approximate surface area is 108 Å². The Kier molecular flexibility index (Phi) is 3.42. The molecular weight excluding hydrogens is 250 g/mol. The van der Waals surface area contributed by atoms with Crippen LogP contribution in [-0.4, -0.2) is 31.9 Å². The van der Waals surface area contributed by atoms with Gasteiger partial charge < -0.3 is 15.7 Å². The summed E-state index contributed by atoms with van der Waals surface area (Å²) in [5, 5.41) is 17.7. The third-order valence-electron chi connectivity index (χ3n) is 2.21. The zero-order chi connectivity index (χ0) is 13.8. The molecule has 0 spiro atoms. The number of carboxylic acid groups (broad SMARTS) is 1. The summed E-state index contributed by atoms with van der Waals surface area (Å²) in [4.78, 5) is 26.1. The maximum Gasteiger partial charge on any atom is 0.337 e. The number of rotatable bonds is 3. The van der Waals surface area contributed by atoms with Gasteiger partial charge in [0.25, 0.3) is 0 Å². The van der Waals surface area contributed by atoms with E-state index in [-0.39, 0.29) is 5.56 Å². The number of amides is 2. The Morgan fingerprint density at radius 2 is 1.95 bits per heavy atom. The van der Waals surface area contributed by atoms with Crippen LogP contribution in [0.15, 0.2) is 30.9 Å². The van der Waals surface area contributed by atoms with Crippen molar-refractivity contribution in [1.29, 1.82) is 0 Å². The van der Waals surface area contributed by atoms with Crippen LogP contribution in [-0.2, 0) is 7.05 Å². The number of carbonyl (C=O) groups is 2. The SMILES string of the molecule is Cn1cc(NC(=O)Nc2cncc(C(=O)O)c2)cn1. The number of carboxylic acids is 1. The van der Waals surface area contributed by atoms with Gasteiger partial charge in [-0.1, -0.05) is 0 Å². The van der Waals surface area contributed by atoms with Gasteiger partial charge in [-0.2, -0.15) is 5.10 Å². The van der Waals surface area contributed by atoms with E-state index >= 15 is 0 Å². The molecule has 0 unspecified atom stereocenters. The lowest BCUT2D eigenvalue weighted by atomic mass is 10.3. The molecule has 0 aliphatic carbocycles. The average molecular weight is 261 g/mol. The van der Waals surface area contributed by atoms with Crippen molar-refractivity contribution >= 4 is 23.4 Å². The maximum absolute atomic E-state index is 11.6. The van der Waals surface area contributed by atoms with Crippen LogP contribution < -0.4 is 10.6 Å². The lowest BCUT2D eigenvalue weighted by molar-refractivity contribution is 0.0696. The van der Waals surface area contributed by atoms with Crippen LogP contribution in [0, 0.1) is 0 Å². The van der Waals surface area contributed by atoms with Crippen LogP contribution in [0.1, 0.15) is 10.4 Å². The molecule has 2 aromatic rings. The van der Waals surface area contributed by atoms with E-state index in [1.807, 2.05) is 0 Å². The number of aromatic carboxylic acids is 1. The van der Waals surface area contributed by atoms with Gasteiger partial charge in [0.05, 0.1) is 29.3 Å². The number of carbonyl (C=O) groups excluding carboxylic acids is 1. The summed E-state index contributed by atoms with van der Waals surface area (Å²) in [6, 6.07) is 0.815. The first-order chi connectivity index (χ1) is 9.04. The summed E-state index contributed by atoms with van der Waals surface area (Å²) >= 11 is 0. The molecule has 0 fully saturated rings. The van der Waals surface area contributed by atoms with E-state index in [0.29, 0.717) is 11.4 Å². The number of nitrogens with one attached hydrogen (secondary N) is 2. The van der Waals surface area contributed by atoms with Gasteiger partial charge in [-0.3, -0.25) is 9.67 Å². The fraction of sp³-hybridized carbons (Fsp3) is 0.0909. The second-order valence-corrected chi connectivity index (χ2v) is 3.75. The zero-order valence-corrected chi connectivity index (χ0v) is 9.99. The molecule has 8 heteroatoms. The van der Waals surface area contributed by atoms with E-state index in [1.165, 1.54) is 24.7 Å². The molecule has 0 aliphatic heterocycles. The van der Waals surface area contributed by atoms with E-state index in [0.717, 1.165) is 0 Å². The van der Waals surface area contributed by atoms with Crippen LogP contribution in [0.4, 0.5) is 16.2 Å². The molecule has 8 nitrogen and oxygen atoms in total. The number of urea groups is 1. The van der Waals surface area contributed by atoms with Gasteiger partial charge in [0.15, 0.2) is 0 Å². The highest BCUT2D eigenvalue weighted by Gasteiger charge is 2.07. The molecule has 0 aromatic carbocycles. The highest BCUT2D eigenvalue weighted by Crippen LogP contribution is 2.10. The average Bonchev–Trinajstić information content (AvgIpc) is 2.74. The van der Waals surface area contributed by atoms with E-state index < -0.39 is 12.0 Å². The predicted molar refractivity (Wildman–Crippen MR) is 67.0 cm³/mol. The van der Waals surface area contributed by atoms with Crippen molar-refractivity contribution < 1.29 is 14.7 Å². The minimum absolute atomic E-state index is 0.000761. The van der Waals surface area contributed by atoms with Crippen molar-refractivity contribution in [3.05, 3.63) is 36.4 Å². The van der Waals surface area contributed by atoms with Crippen LogP contribution >= 0.6 is 0 Å². The molecule has 2 amide bonds. The van der Waals surface area contributed by atoms with Gasteiger partial charge in [-0.05, 0) is 6.07 Å². The highest BCUT2D eigenvalue weighted by atomic mass is 16.4. The summed E-state index contributed by atoms with van der Waals surface area (Å²) in [5.41, 5.74) is 0.822. The lowest BCUT2D eigenvalue weighted by Crippen LogP contribution is -2.19. The number of hydrogen-bond donors (Lipinski definition) is 3. The molecule has 19 heavy (non-hydrogen) atoms. The van der Waals surface area contributed by atoms with Gasteiger partial charge in [-0.15, -0.1) is 0 Å². The topological polar surface area (TPSA) is 109 Å². The predicted octanol–water partition coefficient (Wildman–Crippen LogP) is 1.16. The zero-order valence-electron chi connectivity index (χ0n) is 9.99. The number of anilines is 2. The lowest BCUT2D eigenvalue weighted by Gasteiger charge is -2.05. The maximum atomic E-state index is 11.6. The first kappa shape index (κ1) is 12.6. The summed E-state index contributed by atoms with van der Waals surface area (Å²) in [6.45, 7) is 0. The minimum Gasteiger partial charge on any atom is -0.478 e. The first-order valence-electron chi connectivity index (χ1n) is 5.29. The number of aromatic nitrogens is 3. The molecule has 0 atom stereocenters. The van der Waals surface area contributed by atoms with Gasteiger partial charge in [0.2, 0.25) is 0 Å². The summed E-state index contributed by atoms with van der Waals surface area (Å²) in [6.07, 6.45) is 5.68. The van der Waals surface area contributed by atoms with Gasteiger partial charge in [0, 0.05) is 19.4 Å². The van der Waals surface area contributed by atoms with Gasteiger partial charge in [0.1, 0.15) is 0 Å². The normalized spacial score (nSPS) is 9.95. The second-order valence-electron chi connectivity index (χ2n) is 3.75. The molecule has 98 valence electrons. The number of pyridine rings is 1. The van der Waals surface area contributed by atoms with Crippen molar-refractivity contribution in [2.24, 2.45) is 7.05 Å². The van der Waals surface area contributed by atoms with Crippen LogP contribution in [0.5, 0.6) is 0 Å². The first-order valence-corrected chi connectivity index (χ1v) is 5.29. The molecule has 0 saturated carbocycles. The van der Waals surface area contributed by atoms with E-state index in [4.69, 9.17) is 5.11 Å². The minimum atomic E-state index is -1.11. The van der Waals surface area contributed by atoms with Crippen molar-refractivity contribution in [3.63, 3.8) is 0 Å². The summed E-state index contributed by atoms with van der Waals surface area (Å²) in [5.74, 6) is -1.11. The fourth-order valence-electron chi connectivity index (χ4n) is 1.40. The molecule has 0 saturated heterocycles. The Bertz CT molecular complexity index is 622. The highest BCUT2D eigenvalue weighted by molar-refractivity contribution is 6.00. The van der Waals surface area contributed by atoms with E-state index in [2.05, 4.69) is 20.7 Å². The van der Waals surface area contributed by atoms with Crippen molar-refractivity contribution in [1.82, 2.24) is 14.8 Å². The third-order valence-corrected chi connectivity index (χ3v) is 2.21. The summed E-state index contributed by atoms with van der Waals surface area (Å²) < 4.78 is 1.54. The van der Waals surface area contributed by atoms with Crippen LogP contribution in [0.2, 0.25) is 0 Å². The molecule has 2 heterocycles. The van der Waals surface area contributed by atoms with Gasteiger partial charge >= 0.3 is 12.0 Å². The van der Waals surface area contributed by atoms with E-state index in [1.54, 1.807) is 17.9 Å². The number of hydrogen-bond acceptors (Lipinski definition) is 4. The van der Waals surface area contributed by atoms with Crippen LogP contribution in [0.25, 0.3) is 0 Å². The monoisotopic (exact) mass is 261 g/mol. The standard InChI is InChI=1S/C11H11N5O3/c1-16-6-9(5-13-16)15-11(19)14-8-2-7(10(17)18)3-12-4-8/h2-6H,1H3,(H,17,18)(H2,14,15,19). The Balaban J connectivity index is 2.02. The summed E-state index contributed by atoms with van der Waals surface area (Å²) in [7, 11) is 1.73. The quantitative estimate of drug-likeness (QED) is 0.768. The molecule has 2 aromatic heterocycles. The molecule has 0 radical (unpaired) electrons. The van der Waals surface area contributed by atoms with Crippen LogP contribution in [0.3, 0.4) is 0 Å². The molecule has 2 rings (SSSR count). The molecule has 0 aliphatic rings. The van der Waals surface area contributed by atoms with Crippen molar-refractivity contribution in [2.45, 2.75) is 0 Å². The number of nitrogens with zero attached hydrogens (tertiary/aromatic N) is 3. The third kappa shape index (κ3) is 3.28. The largest absolute Gasteiger partial charge is 0.478 e. The smallest absolute Gasteiger partial charge is 0.337 e. The Morgan fingerprint density at radius 3 is 2.58 bits per heavy atom. The Morgan fingerprint density at radius 1 is 1.21 bits per heavy atom. The second kappa shape index (κ2) is 5.17. The molecule has 0 bridgehead atoms. The van der Waals surface area contributed by atoms with Crippen molar-refractivity contribution in [3.8, 4) is 0 Å². The van der Waals surface area contributed by atoms with Crippen molar-refractivity contribution in [2.75, 3.05) is 10.6 Å². The number of aryl methyl sites for hydroxylation is 1. The Hall–Kier alpha value is -2.90. The molecule has 3 N–H and O–H groups in total. The molecular formula is C11H11N5O3. The van der Waals surface area contributed by atoms with E-state index in [9.17, 15) is 9.59 Å². The van der Waals surface area contributed by atoms with Gasteiger partial charge in [-0.25, -0.2) is 9.59 Å².